The van der Waals surface area contributed by atoms with Crippen molar-refractivity contribution in [3.05, 3.63) is 35.9 Å². The summed E-state index contributed by atoms with van der Waals surface area (Å²) in [6.45, 7) is 2.12. The minimum Gasteiger partial charge on any atom is -0.388 e. The summed E-state index contributed by atoms with van der Waals surface area (Å²) in [5.74, 6) is 0.662. The van der Waals surface area contributed by atoms with Gasteiger partial charge in [-0.2, -0.15) is 0 Å². The molecule has 0 aliphatic carbocycles. The predicted molar refractivity (Wildman–Crippen MR) is 52.4 cm³/mol. The molecule has 1 aromatic rings. The van der Waals surface area contributed by atoms with Crippen LogP contribution in [0.25, 0.3) is 0 Å². The van der Waals surface area contributed by atoms with E-state index in [-0.39, 0.29) is 6.10 Å². The number of aliphatic hydroxyl groups excluding tert-OH is 1. The fraction of sp³-hybridized carbons (Fsp3) is 0.455. The predicted octanol–water partition coefficient (Wildman–Crippen LogP) is 1.33. The van der Waals surface area contributed by atoms with E-state index in [4.69, 9.17) is 0 Å². The van der Waals surface area contributed by atoms with E-state index >= 15 is 0 Å². The van der Waals surface area contributed by atoms with Gasteiger partial charge in [0.05, 0.1) is 6.10 Å². The van der Waals surface area contributed by atoms with Crippen molar-refractivity contribution >= 4 is 0 Å². The fourth-order valence-electron chi connectivity index (χ4n) is 1.64. The minimum atomic E-state index is -0.284. The molecule has 2 nitrogen and oxygen atoms in total. The zero-order chi connectivity index (χ0) is 9.10. The molecule has 0 spiro atoms. The zero-order valence-electron chi connectivity index (χ0n) is 7.61. The highest BCUT2D eigenvalue weighted by molar-refractivity contribution is 5.17. The van der Waals surface area contributed by atoms with Crippen LogP contribution < -0.4 is 5.32 Å². The van der Waals surface area contributed by atoms with Crippen molar-refractivity contribution in [2.45, 2.75) is 12.5 Å². The zero-order valence-corrected chi connectivity index (χ0v) is 7.61. The van der Waals surface area contributed by atoms with Gasteiger partial charge < -0.3 is 10.4 Å². The van der Waals surface area contributed by atoms with Crippen LogP contribution in [0.5, 0.6) is 0 Å². The Morgan fingerprint density at radius 2 is 2.00 bits per heavy atom. The van der Waals surface area contributed by atoms with Crippen LogP contribution in [0.2, 0.25) is 0 Å². The van der Waals surface area contributed by atoms with Crippen LogP contribution in [0, 0.1) is 5.92 Å². The molecule has 1 atom stereocenters. The molecule has 1 saturated heterocycles. The second-order valence-corrected chi connectivity index (χ2v) is 3.69. The Morgan fingerprint density at radius 3 is 2.54 bits per heavy atom. The van der Waals surface area contributed by atoms with E-state index in [2.05, 4.69) is 5.32 Å². The molecule has 1 fully saturated rings. The first-order valence-electron chi connectivity index (χ1n) is 4.80. The maximum Gasteiger partial charge on any atom is 0.0793 e. The molecular formula is C11H15NO. The third kappa shape index (κ3) is 2.08. The monoisotopic (exact) mass is 177 g/mol. The van der Waals surface area contributed by atoms with Gasteiger partial charge in [-0.3, -0.25) is 0 Å². The average molecular weight is 177 g/mol. The van der Waals surface area contributed by atoms with Gasteiger partial charge in [0, 0.05) is 0 Å². The largest absolute Gasteiger partial charge is 0.388 e. The highest BCUT2D eigenvalue weighted by atomic mass is 16.3. The van der Waals surface area contributed by atoms with Gasteiger partial charge >= 0.3 is 0 Å². The normalized spacial score (nSPS) is 19.5. The van der Waals surface area contributed by atoms with Crippen molar-refractivity contribution in [3.8, 4) is 0 Å². The lowest BCUT2D eigenvalue weighted by atomic mass is 9.93. The Bertz CT molecular complexity index is 256. The summed E-state index contributed by atoms with van der Waals surface area (Å²) in [7, 11) is 0. The van der Waals surface area contributed by atoms with E-state index in [1.54, 1.807) is 0 Å². The summed E-state index contributed by atoms with van der Waals surface area (Å²) in [4.78, 5) is 0. The molecule has 1 aliphatic rings. The maximum atomic E-state index is 9.83. The molecule has 1 aromatic carbocycles. The third-order valence-corrected chi connectivity index (χ3v) is 2.61. The molecular weight excluding hydrogens is 162 g/mol. The van der Waals surface area contributed by atoms with Gasteiger partial charge in [-0.1, -0.05) is 30.3 Å². The van der Waals surface area contributed by atoms with Gasteiger partial charge in [-0.25, -0.2) is 0 Å². The van der Waals surface area contributed by atoms with Gasteiger partial charge in [-0.15, -0.1) is 0 Å². The lowest BCUT2D eigenvalue weighted by molar-refractivity contribution is 0.127. The summed E-state index contributed by atoms with van der Waals surface area (Å²) in [6, 6.07) is 9.88. The van der Waals surface area contributed by atoms with Gasteiger partial charge in [0.25, 0.3) is 0 Å². The molecule has 0 aromatic heterocycles. The first-order valence-corrected chi connectivity index (χ1v) is 4.80. The van der Waals surface area contributed by atoms with Gasteiger partial charge in [-0.05, 0) is 31.0 Å². The standard InChI is InChI=1S/C11H15NO/c13-11(6-9-7-12-8-9)10-4-2-1-3-5-10/h1-5,9,11-13H,6-8H2. The van der Waals surface area contributed by atoms with E-state index in [0.717, 1.165) is 25.1 Å². The molecule has 0 saturated carbocycles. The van der Waals surface area contributed by atoms with Gasteiger partial charge in [0.2, 0.25) is 0 Å². The lowest BCUT2D eigenvalue weighted by Crippen LogP contribution is -2.42. The Morgan fingerprint density at radius 1 is 1.31 bits per heavy atom. The van der Waals surface area contributed by atoms with Crippen molar-refractivity contribution in [2.75, 3.05) is 13.1 Å². The summed E-state index contributed by atoms with van der Waals surface area (Å²) >= 11 is 0. The van der Waals surface area contributed by atoms with Crippen LogP contribution >= 0.6 is 0 Å². The van der Waals surface area contributed by atoms with E-state index in [1.165, 1.54) is 0 Å². The molecule has 1 heterocycles. The lowest BCUT2D eigenvalue weighted by Gasteiger charge is -2.29. The van der Waals surface area contributed by atoms with Gasteiger partial charge in [0.15, 0.2) is 0 Å². The average Bonchev–Trinajstić information content (AvgIpc) is 2.12. The number of nitrogens with one attached hydrogen (secondary N) is 1. The van der Waals surface area contributed by atoms with Crippen LogP contribution in [0.4, 0.5) is 0 Å². The van der Waals surface area contributed by atoms with E-state index in [9.17, 15) is 5.11 Å². The molecule has 1 unspecified atom stereocenters. The number of aliphatic hydroxyl groups is 1. The fourth-order valence-corrected chi connectivity index (χ4v) is 1.64. The molecule has 2 rings (SSSR count). The summed E-state index contributed by atoms with van der Waals surface area (Å²) in [6.07, 6.45) is 0.602. The second kappa shape index (κ2) is 3.90. The Kier molecular flexibility index (Phi) is 2.62. The number of rotatable bonds is 3. The third-order valence-electron chi connectivity index (χ3n) is 2.61. The van der Waals surface area contributed by atoms with E-state index in [1.807, 2.05) is 30.3 Å². The molecule has 13 heavy (non-hydrogen) atoms. The van der Waals surface area contributed by atoms with Crippen LogP contribution in [0.15, 0.2) is 30.3 Å². The SMILES string of the molecule is OC(CC1CNC1)c1ccccc1. The summed E-state index contributed by atoms with van der Waals surface area (Å²) < 4.78 is 0. The van der Waals surface area contributed by atoms with E-state index in [0.29, 0.717) is 5.92 Å². The molecule has 2 N–H and O–H groups in total. The van der Waals surface area contributed by atoms with Crippen molar-refractivity contribution in [1.29, 1.82) is 0 Å². The minimum absolute atomic E-state index is 0.284. The molecule has 0 radical (unpaired) electrons. The molecule has 0 bridgehead atoms. The molecule has 1 aliphatic heterocycles. The summed E-state index contributed by atoms with van der Waals surface area (Å²) in [5.41, 5.74) is 1.04. The smallest absolute Gasteiger partial charge is 0.0793 e. The van der Waals surface area contributed by atoms with Crippen molar-refractivity contribution < 1.29 is 5.11 Å². The first-order chi connectivity index (χ1) is 6.36. The molecule has 70 valence electrons. The van der Waals surface area contributed by atoms with Crippen LogP contribution in [-0.4, -0.2) is 18.2 Å². The molecule has 2 heteroatoms. The Hall–Kier alpha value is -0.860. The van der Waals surface area contributed by atoms with Crippen molar-refractivity contribution in [3.63, 3.8) is 0 Å². The highest BCUT2D eigenvalue weighted by Gasteiger charge is 2.20. The highest BCUT2D eigenvalue weighted by Crippen LogP contribution is 2.22. The van der Waals surface area contributed by atoms with Crippen LogP contribution in [0.3, 0.4) is 0 Å². The quantitative estimate of drug-likeness (QED) is 0.730. The number of benzene rings is 1. The first kappa shape index (κ1) is 8.73. The van der Waals surface area contributed by atoms with Crippen LogP contribution in [-0.2, 0) is 0 Å². The summed E-state index contributed by atoms with van der Waals surface area (Å²) in [5, 5.41) is 13.0. The van der Waals surface area contributed by atoms with Gasteiger partial charge in [0.1, 0.15) is 0 Å². The molecule has 0 amide bonds. The van der Waals surface area contributed by atoms with Crippen LogP contribution in [0.1, 0.15) is 18.1 Å². The Labute approximate surface area is 78.6 Å². The topological polar surface area (TPSA) is 32.3 Å². The number of hydrogen-bond acceptors (Lipinski definition) is 2. The van der Waals surface area contributed by atoms with Crippen molar-refractivity contribution in [1.82, 2.24) is 5.32 Å². The maximum absolute atomic E-state index is 9.83. The second-order valence-electron chi connectivity index (χ2n) is 3.69. The van der Waals surface area contributed by atoms with E-state index < -0.39 is 0 Å². The number of hydrogen-bond donors (Lipinski definition) is 2. The van der Waals surface area contributed by atoms with Crippen molar-refractivity contribution in [2.24, 2.45) is 5.92 Å². The Balaban J connectivity index is 1.92.